The van der Waals surface area contributed by atoms with Crippen molar-refractivity contribution in [1.29, 1.82) is 0 Å². The van der Waals surface area contributed by atoms with Gasteiger partial charge in [-0.05, 0) is 13.3 Å². The molecular formula is C8H15ClN2O2. The van der Waals surface area contributed by atoms with Crippen LogP contribution in [0.4, 0.5) is 4.79 Å². The Balaban J connectivity index is 3.56. The molecule has 5 heteroatoms. The molecule has 0 radical (unpaired) electrons. The fourth-order valence-corrected chi connectivity index (χ4v) is 0.689. The van der Waals surface area contributed by atoms with E-state index in [1.54, 1.807) is 0 Å². The molecule has 2 N–H and O–H groups in total. The van der Waals surface area contributed by atoms with Crippen molar-refractivity contribution < 1.29 is 9.59 Å². The van der Waals surface area contributed by atoms with Crippen LogP contribution in [0, 0.1) is 0 Å². The van der Waals surface area contributed by atoms with E-state index in [1.807, 2.05) is 6.92 Å². The Morgan fingerprint density at radius 3 is 2.54 bits per heavy atom. The molecule has 0 saturated heterocycles. The molecule has 3 amide bonds. The molecule has 0 heterocycles. The first kappa shape index (κ1) is 12.2. The topological polar surface area (TPSA) is 58.2 Å². The zero-order chi connectivity index (χ0) is 10.3. The van der Waals surface area contributed by atoms with Gasteiger partial charge in [0.25, 0.3) is 0 Å². The van der Waals surface area contributed by atoms with E-state index in [9.17, 15) is 9.59 Å². The van der Waals surface area contributed by atoms with Crippen LogP contribution in [0.5, 0.6) is 0 Å². The van der Waals surface area contributed by atoms with Crippen LogP contribution in [0.25, 0.3) is 0 Å². The molecular weight excluding hydrogens is 192 g/mol. The smallest absolute Gasteiger partial charge is 0.321 e. The van der Waals surface area contributed by atoms with E-state index in [4.69, 9.17) is 11.6 Å². The van der Waals surface area contributed by atoms with Gasteiger partial charge in [0, 0.05) is 6.54 Å². The minimum Gasteiger partial charge on any atom is -0.338 e. The third-order valence-corrected chi connectivity index (χ3v) is 1.61. The lowest BCUT2D eigenvalue weighted by Crippen LogP contribution is -2.42. The minimum absolute atomic E-state index is 0.476. The molecule has 0 aromatic heterocycles. The van der Waals surface area contributed by atoms with Crippen molar-refractivity contribution in [2.24, 2.45) is 0 Å². The van der Waals surface area contributed by atoms with Crippen LogP contribution < -0.4 is 10.6 Å². The first-order valence-corrected chi connectivity index (χ1v) is 4.74. The van der Waals surface area contributed by atoms with Crippen LogP contribution in [-0.2, 0) is 4.79 Å². The lowest BCUT2D eigenvalue weighted by atomic mass is 10.3. The summed E-state index contributed by atoms with van der Waals surface area (Å²) in [6.07, 6.45) is 1.90. The maximum atomic E-state index is 10.9. The van der Waals surface area contributed by atoms with Crippen LogP contribution in [0.2, 0.25) is 0 Å². The van der Waals surface area contributed by atoms with Gasteiger partial charge in [-0.25, -0.2) is 4.79 Å². The summed E-state index contributed by atoms with van der Waals surface area (Å²) in [5, 5.41) is 3.97. The number of imide groups is 1. The summed E-state index contributed by atoms with van der Waals surface area (Å²) in [5.74, 6) is -0.476. The second kappa shape index (κ2) is 6.71. The monoisotopic (exact) mass is 206 g/mol. The minimum atomic E-state index is -0.683. The number of unbranched alkanes of at least 4 members (excludes halogenated alkanes) is 1. The number of amides is 3. The molecule has 0 aliphatic carbocycles. The van der Waals surface area contributed by atoms with E-state index in [0.717, 1.165) is 12.8 Å². The summed E-state index contributed by atoms with van der Waals surface area (Å²) in [4.78, 5) is 21.8. The number of rotatable bonds is 4. The average Bonchev–Trinajstić information content (AvgIpc) is 2.04. The van der Waals surface area contributed by atoms with Crippen LogP contribution in [0.15, 0.2) is 0 Å². The molecule has 0 aromatic carbocycles. The van der Waals surface area contributed by atoms with Crippen LogP contribution in [-0.4, -0.2) is 23.9 Å². The van der Waals surface area contributed by atoms with Crippen molar-refractivity contribution in [3.8, 4) is 0 Å². The fraction of sp³-hybridized carbons (Fsp3) is 0.750. The lowest BCUT2D eigenvalue weighted by Gasteiger charge is -2.06. The SMILES string of the molecule is CCCCNC(=O)NC(=O)[C@H](C)Cl. The highest BCUT2D eigenvalue weighted by Crippen LogP contribution is 1.91. The molecule has 0 aliphatic rings. The first-order chi connectivity index (χ1) is 6.07. The maximum Gasteiger partial charge on any atom is 0.321 e. The largest absolute Gasteiger partial charge is 0.338 e. The van der Waals surface area contributed by atoms with Gasteiger partial charge < -0.3 is 5.32 Å². The van der Waals surface area contributed by atoms with Crippen molar-refractivity contribution in [2.45, 2.75) is 32.1 Å². The molecule has 4 nitrogen and oxygen atoms in total. The molecule has 0 spiro atoms. The third-order valence-electron chi connectivity index (χ3n) is 1.41. The van der Waals surface area contributed by atoms with Gasteiger partial charge in [0.05, 0.1) is 0 Å². The third kappa shape index (κ3) is 6.40. The molecule has 0 saturated carbocycles. The number of nitrogens with one attached hydrogen (secondary N) is 2. The van der Waals surface area contributed by atoms with E-state index < -0.39 is 17.3 Å². The molecule has 0 unspecified atom stereocenters. The number of urea groups is 1. The van der Waals surface area contributed by atoms with E-state index >= 15 is 0 Å². The van der Waals surface area contributed by atoms with Gasteiger partial charge in [0.2, 0.25) is 5.91 Å². The van der Waals surface area contributed by atoms with Crippen molar-refractivity contribution in [2.75, 3.05) is 6.54 Å². The van der Waals surface area contributed by atoms with Crippen molar-refractivity contribution in [1.82, 2.24) is 10.6 Å². The van der Waals surface area contributed by atoms with Gasteiger partial charge in [-0.3, -0.25) is 10.1 Å². The maximum absolute atomic E-state index is 10.9. The van der Waals surface area contributed by atoms with Crippen LogP contribution in [0.3, 0.4) is 0 Å². The molecule has 0 fully saturated rings. The Morgan fingerprint density at radius 1 is 1.46 bits per heavy atom. The van der Waals surface area contributed by atoms with E-state index in [1.165, 1.54) is 6.92 Å². The Labute approximate surface area is 83.0 Å². The van der Waals surface area contributed by atoms with E-state index in [-0.39, 0.29) is 0 Å². The van der Waals surface area contributed by atoms with Crippen molar-refractivity contribution in [3.05, 3.63) is 0 Å². The van der Waals surface area contributed by atoms with Gasteiger partial charge in [-0.2, -0.15) is 0 Å². The predicted molar refractivity (Wildman–Crippen MR) is 51.8 cm³/mol. The van der Waals surface area contributed by atoms with Crippen LogP contribution in [0.1, 0.15) is 26.7 Å². The number of hydrogen-bond donors (Lipinski definition) is 2. The molecule has 0 bridgehead atoms. The normalized spacial score (nSPS) is 11.9. The Kier molecular flexibility index (Phi) is 6.32. The summed E-state index contributed by atoms with van der Waals surface area (Å²) in [5.41, 5.74) is 0. The van der Waals surface area contributed by atoms with E-state index in [2.05, 4.69) is 10.6 Å². The second-order valence-electron chi connectivity index (χ2n) is 2.71. The molecule has 0 aromatic rings. The quantitative estimate of drug-likeness (QED) is 0.537. The van der Waals surface area contributed by atoms with Crippen molar-refractivity contribution >= 4 is 23.5 Å². The number of carbonyl (C=O) groups excluding carboxylic acids is 2. The van der Waals surface area contributed by atoms with Gasteiger partial charge in [0.15, 0.2) is 0 Å². The Morgan fingerprint density at radius 2 is 2.08 bits per heavy atom. The number of hydrogen-bond acceptors (Lipinski definition) is 2. The summed E-state index contributed by atoms with van der Waals surface area (Å²) in [6, 6.07) is -0.481. The molecule has 1 atom stereocenters. The zero-order valence-corrected chi connectivity index (χ0v) is 8.65. The molecule has 0 rings (SSSR count). The highest BCUT2D eigenvalue weighted by molar-refractivity contribution is 6.31. The van der Waals surface area contributed by atoms with Gasteiger partial charge in [-0.1, -0.05) is 13.3 Å². The fourth-order valence-electron chi connectivity index (χ4n) is 0.634. The highest BCUT2D eigenvalue weighted by atomic mass is 35.5. The van der Waals surface area contributed by atoms with E-state index in [0.29, 0.717) is 6.54 Å². The van der Waals surface area contributed by atoms with Gasteiger partial charge in [0.1, 0.15) is 5.38 Å². The van der Waals surface area contributed by atoms with Crippen LogP contribution >= 0.6 is 11.6 Å². The van der Waals surface area contributed by atoms with Gasteiger partial charge in [-0.15, -0.1) is 11.6 Å². The standard InChI is InChI=1S/C8H15ClN2O2/c1-3-4-5-10-8(13)11-7(12)6(2)9/h6H,3-5H2,1-2H3,(H2,10,11,12,13)/t6-/m0/s1. The summed E-state index contributed by atoms with van der Waals surface area (Å²) in [6.45, 7) is 4.11. The summed E-state index contributed by atoms with van der Waals surface area (Å²) in [7, 11) is 0. The average molecular weight is 207 g/mol. The Hall–Kier alpha value is -0.770. The number of halogens is 1. The van der Waals surface area contributed by atoms with Gasteiger partial charge >= 0.3 is 6.03 Å². The molecule has 13 heavy (non-hydrogen) atoms. The zero-order valence-electron chi connectivity index (χ0n) is 7.89. The number of alkyl halides is 1. The second-order valence-corrected chi connectivity index (χ2v) is 3.37. The summed E-state index contributed by atoms with van der Waals surface area (Å²) < 4.78 is 0. The highest BCUT2D eigenvalue weighted by Gasteiger charge is 2.11. The molecule has 76 valence electrons. The predicted octanol–water partition coefficient (Wildman–Crippen LogP) is 1.24. The summed E-state index contributed by atoms with van der Waals surface area (Å²) >= 11 is 5.44. The van der Waals surface area contributed by atoms with Crippen molar-refractivity contribution in [3.63, 3.8) is 0 Å². The Bertz CT molecular complexity index is 183. The number of carbonyl (C=O) groups is 2. The lowest BCUT2D eigenvalue weighted by molar-refractivity contribution is -0.119. The first-order valence-electron chi connectivity index (χ1n) is 4.30. The molecule has 0 aliphatic heterocycles.